The Bertz CT molecular complexity index is 524. The molecule has 0 aliphatic heterocycles. The Morgan fingerprint density at radius 2 is 1.52 bits per heavy atom. The number of benzene rings is 1. The molecule has 0 aromatic heterocycles. The fourth-order valence-electron chi connectivity index (χ4n) is 2.39. The first-order chi connectivity index (χ1) is 9.97. The van der Waals surface area contributed by atoms with Gasteiger partial charge in [0.15, 0.2) is 9.84 Å². The highest BCUT2D eigenvalue weighted by Crippen LogP contribution is 2.19. The van der Waals surface area contributed by atoms with Crippen LogP contribution in [0.1, 0.15) is 63.9 Å². The van der Waals surface area contributed by atoms with Gasteiger partial charge in [-0.15, -0.1) is 0 Å². The molecule has 21 heavy (non-hydrogen) atoms. The number of sulfone groups is 1. The van der Waals surface area contributed by atoms with Crippen molar-refractivity contribution < 1.29 is 8.42 Å². The van der Waals surface area contributed by atoms with E-state index in [0.717, 1.165) is 24.8 Å². The molecule has 0 radical (unpaired) electrons. The van der Waals surface area contributed by atoms with Gasteiger partial charge in [0.25, 0.3) is 0 Å². The normalized spacial score (nSPS) is 11.7. The molecule has 120 valence electrons. The zero-order chi connectivity index (χ0) is 15.7. The molecule has 1 aromatic carbocycles. The summed E-state index contributed by atoms with van der Waals surface area (Å²) in [5, 5.41) is 0. The van der Waals surface area contributed by atoms with Crippen LogP contribution in [0.25, 0.3) is 0 Å². The predicted octanol–water partition coefficient (Wildman–Crippen LogP) is 4.49. The molecule has 0 aliphatic carbocycles. The average molecular weight is 311 g/mol. The average Bonchev–Trinajstić information content (AvgIpc) is 2.44. The van der Waals surface area contributed by atoms with E-state index >= 15 is 0 Å². The van der Waals surface area contributed by atoms with Crippen molar-refractivity contribution in [3.8, 4) is 0 Å². The van der Waals surface area contributed by atoms with Gasteiger partial charge < -0.3 is 5.73 Å². The van der Waals surface area contributed by atoms with Gasteiger partial charge in [-0.1, -0.05) is 51.9 Å². The third-order valence-corrected chi connectivity index (χ3v) is 5.67. The number of anilines is 1. The van der Waals surface area contributed by atoms with E-state index in [4.69, 9.17) is 5.73 Å². The molecule has 3 nitrogen and oxygen atoms in total. The van der Waals surface area contributed by atoms with Crippen LogP contribution in [0.2, 0.25) is 0 Å². The Morgan fingerprint density at radius 3 is 2.10 bits per heavy atom. The lowest BCUT2D eigenvalue weighted by Gasteiger charge is -2.07. The van der Waals surface area contributed by atoms with Crippen molar-refractivity contribution in [2.75, 3.05) is 11.5 Å². The van der Waals surface area contributed by atoms with Gasteiger partial charge in [0, 0.05) is 5.69 Å². The van der Waals surface area contributed by atoms with Crippen molar-refractivity contribution in [1.29, 1.82) is 0 Å². The maximum absolute atomic E-state index is 12.2. The quantitative estimate of drug-likeness (QED) is 0.511. The van der Waals surface area contributed by atoms with Crippen LogP contribution in [0.3, 0.4) is 0 Å². The molecular weight excluding hydrogens is 282 g/mol. The summed E-state index contributed by atoms with van der Waals surface area (Å²) >= 11 is 0. The third-order valence-electron chi connectivity index (χ3n) is 3.87. The second-order valence-corrected chi connectivity index (χ2v) is 7.92. The summed E-state index contributed by atoms with van der Waals surface area (Å²) in [5.41, 5.74) is 7.19. The van der Waals surface area contributed by atoms with E-state index in [-0.39, 0.29) is 5.75 Å². The lowest BCUT2D eigenvalue weighted by molar-refractivity contribution is 0.572. The summed E-state index contributed by atoms with van der Waals surface area (Å²) in [6.45, 7) is 4.05. The first kappa shape index (κ1) is 18.0. The first-order valence-corrected chi connectivity index (χ1v) is 9.71. The largest absolute Gasteiger partial charge is 0.399 e. The standard InChI is InChI=1S/C17H29NO2S/c1-3-4-5-6-7-8-9-10-13-21(19,20)16-11-12-17(18)15(2)14-16/h11-12,14H,3-10,13,18H2,1-2H3. The van der Waals surface area contributed by atoms with Crippen LogP contribution in [0, 0.1) is 6.92 Å². The summed E-state index contributed by atoms with van der Waals surface area (Å²) in [5.74, 6) is 0.241. The Hall–Kier alpha value is -1.03. The van der Waals surface area contributed by atoms with Crippen molar-refractivity contribution in [1.82, 2.24) is 0 Å². The molecule has 0 bridgehead atoms. The lowest BCUT2D eigenvalue weighted by Crippen LogP contribution is -2.07. The van der Waals surface area contributed by atoms with Crippen molar-refractivity contribution in [2.45, 2.75) is 70.1 Å². The van der Waals surface area contributed by atoms with Crippen LogP contribution in [0.15, 0.2) is 23.1 Å². The van der Waals surface area contributed by atoms with Crippen LogP contribution < -0.4 is 5.73 Å². The molecule has 0 atom stereocenters. The maximum atomic E-state index is 12.2. The zero-order valence-electron chi connectivity index (χ0n) is 13.4. The molecule has 0 aliphatic rings. The van der Waals surface area contributed by atoms with Crippen molar-refractivity contribution >= 4 is 15.5 Å². The smallest absolute Gasteiger partial charge is 0.178 e. The predicted molar refractivity (Wildman–Crippen MR) is 90.3 cm³/mol. The van der Waals surface area contributed by atoms with Crippen LogP contribution >= 0.6 is 0 Å². The van der Waals surface area contributed by atoms with Crippen molar-refractivity contribution in [3.63, 3.8) is 0 Å². The molecule has 4 heteroatoms. The minimum Gasteiger partial charge on any atom is -0.399 e. The van der Waals surface area contributed by atoms with E-state index in [2.05, 4.69) is 6.92 Å². The Morgan fingerprint density at radius 1 is 0.952 bits per heavy atom. The van der Waals surface area contributed by atoms with Crippen LogP contribution in [0.5, 0.6) is 0 Å². The van der Waals surface area contributed by atoms with Gasteiger partial charge in [-0.2, -0.15) is 0 Å². The van der Waals surface area contributed by atoms with Gasteiger partial charge in [-0.05, 0) is 37.1 Å². The van der Waals surface area contributed by atoms with Gasteiger partial charge in [0.2, 0.25) is 0 Å². The SMILES string of the molecule is CCCCCCCCCCS(=O)(=O)c1ccc(N)c(C)c1. The molecule has 0 amide bonds. The van der Waals surface area contributed by atoms with Gasteiger partial charge in [-0.3, -0.25) is 0 Å². The number of hydrogen-bond donors (Lipinski definition) is 1. The fraction of sp³-hybridized carbons (Fsp3) is 0.647. The zero-order valence-corrected chi connectivity index (χ0v) is 14.2. The summed E-state index contributed by atoms with van der Waals surface area (Å²) in [7, 11) is -3.16. The number of nitrogens with two attached hydrogens (primary N) is 1. The first-order valence-electron chi connectivity index (χ1n) is 8.06. The highest BCUT2D eigenvalue weighted by atomic mass is 32.2. The van der Waals surface area contributed by atoms with Crippen LogP contribution in [0.4, 0.5) is 5.69 Å². The Kier molecular flexibility index (Phi) is 7.79. The molecule has 2 N–H and O–H groups in total. The van der Waals surface area contributed by atoms with Crippen molar-refractivity contribution in [2.24, 2.45) is 0 Å². The minimum absolute atomic E-state index is 0.241. The van der Waals surface area contributed by atoms with E-state index in [1.54, 1.807) is 18.2 Å². The summed E-state index contributed by atoms with van der Waals surface area (Å²) in [4.78, 5) is 0.400. The minimum atomic E-state index is -3.16. The highest BCUT2D eigenvalue weighted by molar-refractivity contribution is 7.91. The van der Waals surface area contributed by atoms with Crippen molar-refractivity contribution in [3.05, 3.63) is 23.8 Å². The van der Waals surface area contributed by atoms with Crippen LogP contribution in [-0.4, -0.2) is 14.2 Å². The molecule has 0 heterocycles. The second-order valence-electron chi connectivity index (χ2n) is 5.81. The number of unbranched alkanes of at least 4 members (excludes halogenated alkanes) is 7. The number of rotatable bonds is 10. The number of hydrogen-bond acceptors (Lipinski definition) is 3. The number of nitrogen functional groups attached to an aromatic ring is 1. The molecule has 0 fully saturated rings. The Balaban J connectivity index is 2.31. The third kappa shape index (κ3) is 6.51. The highest BCUT2D eigenvalue weighted by Gasteiger charge is 2.14. The Labute approximate surface area is 129 Å². The van der Waals surface area contributed by atoms with Crippen LogP contribution in [-0.2, 0) is 9.84 Å². The van der Waals surface area contributed by atoms with Gasteiger partial charge in [0.1, 0.15) is 0 Å². The summed E-state index contributed by atoms with van der Waals surface area (Å²) < 4.78 is 24.5. The molecule has 0 saturated carbocycles. The fourth-order valence-corrected chi connectivity index (χ4v) is 3.84. The molecule has 0 saturated heterocycles. The summed E-state index contributed by atoms with van der Waals surface area (Å²) in [6.07, 6.45) is 9.27. The molecule has 0 spiro atoms. The monoisotopic (exact) mass is 311 g/mol. The van der Waals surface area contributed by atoms with E-state index in [0.29, 0.717) is 10.6 Å². The molecule has 1 rings (SSSR count). The van der Waals surface area contributed by atoms with Gasteiger partial charge in [0.05, 0.1) is 10.6 Å². The van der Waals surface area contributed by atoms with E-state index in [1.807, 2.05) is 6.92 Å². The topological polar surface area (TPSA) is 60.2 Å². The second kappa shape index (κ2) is 9.08. The molecule has 0 unspecified atom stereocenters. The number of aryl methyl sites for hydroxylation is 1. The van der Waals surface area contributed by atoms with E-state index in [1.165, 1.54) is 32.1 Å². The van der Waals surface area contributed by atoms with E-state index in [9.17, 15) is 8.42 Å². The molecule has 1 aromatic rings. The van der Waals surface area contributed by atoms with Gasteiger partial charge >= 0.3 is 0 Å². The molecular formula is C17H29NO2S. The van der Waals surface area contributed by atoms with Gasteiger partial charge in [-0.25, -0.2) is 8.42 Å². The van der Waals surface area contributed by atoms with E-state index < -0.39 is 9.84 Å². The lowest BCUT2D eigenvalue weighted by atomic mass is 10.1. The maximum Gasteiger partial charge on any atom is 0.178 e. The summed E-state index contributed by atoms with van der Waals surface area (Å²) in [6, 6.07) is 4.97.